The van der Waals surface area contributed by atoms with Crippen molar-refractivity contribution in [1.82, 2.24) is 5.32 Å². The third kappa shape index (κ3) is 3.60. The summed E-state index contributed by atoms with van der Waals surface area (Å²) in [5.74, 6) is -1.61. The maximum Gasteiger partial charge on any atom is 0.407 e. The molecule has 6 nitrogen and oxygen atoms in total. The fourth-order valence-electron chi connectivity index (χ4n) is 4.18. The Kier molecular flexibility index (Phi) is 5.30. The van der Waals surface area contributed by atoms with Gasteiger partial charge in [0, 0.05) is 25.2 Å². The molecule has 28 heavy (non-hydrogen) atoms. The second-order valence-electron chi connectivity index (χ2n) is 7.21. The van der Waals surface area contributed by atoms with Crippen LogP contribution in [0, 0.1) is 5.92 Å². The number of aliphatic carboxylic acids is 1. The van der Waals surface area contributed by atoms with Gasteiger partial charge in [-0.1, -0.05) is 48.5 Å². The van der Waals surface area contributed by atoms with Crippen LogP contribution in [0.1, 0.15) is 29.9 Å². The summed E-state index contributed by atoms with van der Waals surface area (Å²) < 4.78 is 10.9. The maximum absolute atomic E-state index is 12.4. The van der Waals surface area contributed by atoms with Gasteiger partial charge < -0.3 is 19.9 Å². The first-order chi connectivity index (χ1) is 13.6. The number of nitrogens with one attached hydrogen (secondary N) is 1. The number of fused-ring (bicyclic) bond motifs is 3. The number of carbonyl (C=O) groups excluding carboxylic acids is 1. The van der Waals surface area contributed by atoms with Gasteiger partial charge >= 0.3 is 12.1 Å². The van der Waals surface area contributed by atoms with Crippen LogP contribution in [-0.4, -0.2) is 43.0 Å². The molecule has 6 heteroatoms. The maximum atomic E-state index is 12.4. The third-order valence-electron chi connectivity index (χ3n) is 5.60. The number of hydrogen-bond acceptors (Lipinski definition) is 4. The molecule has 2 aromatic rings. The van der Waals surface area contributed by atoms with E-state index in [2.05, 4.69) is 29.6 Å². The van der Waals surface area contributed by atoms with Gasteiger partial charge in [-0.3, -0.25) is 4.79 Å². The van der Waals surface area contributed by atoms with Crippen molar-refractivity contribution in [2.75, 3.05) is 19.8 Å². The Labute approximate surface area is 163 Å². The molecule has 1 heterocycles. The lowest BCUT2D eigenvalue weighted by atomic mass is 9.95. The van der Waals surface area contributed by atoms with Gasteiger partial charge in [0.05, 0.1) is 5.92 Å². The summed E-state index contributed by atoms with van der Waals surface area (Å²) in [6.45, 7) is 1.03. The summed E-state index contributed by atoms with van der Waals surface area (Å²) in [4.78, 5) is 23.9. The second-order valence-corrected chi connectivity index (χ2v) is 7.21. The first-order valence-electron chi connectivity index (χ1n) is 9.57. The van der Waals surface area contributed by atoms with Crippen molar-refractivity contribution in [3.05, 3.63) is 59.7 Å². The largest absolute Gasteiger partial charge is 0.481 e. The zero-order valence-electron chi connectivity index (χ0n) is 15.5. The van der Waals surface area contributed by atoms with E-state index in [0.717, 1.165) is 11.1 Å². The lowest BCUT2D eigenvalue weighted by Crippen LogP contribution is -2.43. The zero-order valence-corrected chi connectivity index (χ0v) is 15.5. The first kappa shape index (κ1) is 18.5. The minimum Gasteiger partial charge on any atom is -0.481 e. The topological polar surface area (TPSA) is 84.9 Å². The number of carboxylic acid groups (broad SMARTS) is 1. The zero-order chi connectivity index (χ0) is 19.5. The van der Waals surface area contributed by atoms with E-state index >= 15 is 0 Å². The lowest BCUT2D eigenvalue weighted by molar-refractivity contribution is -0.142. The molecule has 2 N–H and O–H groups in total. The first-order valence-corrected chi connectivity index (χ1v) is 9.57. The van der Waals surface area contributed by atoms with Gasteiger partial charge in [0.15, 0.2) is 0 Å². The van der Waals surface area contributed by atoms with Crippen LogP contribution in [0.2, 0.25) is 0 Å². The van der Waals surface area contributed by atoms with Gasteiger partial charge in [-0.15, -0.1) is 0 Å². The predicted molar refractivity (Wildman–Crippen MR) is 103 cm³/mol. The minimum atomic E-state index is -0.922. The molecule has 1 aliphatic carbocycles. The van der Waals surface area contributed by atoms with Crippen LogP contribution < -0.4 is 5.32 Å². The molecule has 0 spiro atoms. The van der Waals surface area contributed by atoms with Crippen molar-refractivity contribution >= 4 is 12.1 Å². The molecular weight excluding hydrogens is 358 g/mol. The standard InChI is InChI=1S/C22H23NO5/c24-21(25)18-9-11-27-12-10-20(18)23-22(26)28-13-19-16-7-3-1-5-14(16)15-6-2-4-8-17(15)19/h1-8,18-20H,9-13H2,(H,23,26)(H,24,25). The van der Waals surface area contributed by atoms with E-state index in [4.69, 9.17) is 9.47 Å². The van der Waals surface area contributed by atoms with E-state index in [1.165, 1.54) is 11.1 Å². The van der Waals surface area contributed by atoms with Crippen molar-refractivity contribution in [2.24, 2.45) is 5.92 Å². The molecule has 0 aromatic heterocycles. The molecule has 2 aromatic carbocycles. The van der Waals surface area contributed by atoms with Crippen LogP contribution in [-0.2, 0) is 14.3 Å². The van der Waals surface area contributed by atoms with Crippen molar-refractivity contribution in [2.45, 2.75) is 24.8 Å². The Morgan fingerprint density at radius 3 is 2.25 bits per heavy atom. The van der Waals surface area contributed by atoms with E-state index in [1.807, 2.05) is 24.3 Å². The second kappa shape index (κ2) is 8.02. The van der Waals surface area contributed by atoms with Crippen LogP contribution in [0.4, 0.5) is 4.79 Å². The number of ether oxygens (including phenoxy) is 2. The minimum absolute atomic E-state index is 0.0223. The SMILES string of the molecule is O=C(NC1CCOCCC1C(=O)O)OCC1c2ccccc2-c2ccccc21. The van der Waals surface area contributed by atoms with Gasteiger partial charge in [-0.2, -0.15) is 0 Å². The third-order valence-corrected chi connectivity index (χ3v) is 5.60. The summed E-state index contributed by atoms with van der Waals surface area (Å²) in [5.41, 5.74) is 4.61. The highest BCUT2D eigenvalue weighted by atomic mass is 16.5. The number of benzene rings is 2. The summed E-state index contributed by atoms with van der Waals surface area (Å²) in [7, 11) is 0. The van der Waals surface area contributed by atoms with Gasteiger partial charge in [0.2, 0.25) is 0 Å². The average Bonchev–Trinajstić information content (AvgIpc) is 2.83. The molecule has 0 radical (unpaired) electrons. The highest BCUT2D eigenvalue weighted by molar-refractivity contribution is 5.79. The number of hydrogen-bond donors (Lipinski definition) is 2. The molecule has 1 aliphatic heterocycles. The van der Waals surface area contributed by atoms with Crippen LogP contribution in [0.5, 0.6) is 0 Å². The van der Waals surface area contributed by atoms with Crippen LogP contribution in [0.15, 0.2) is 48.5 Å². The summed E-state index contributed by atoms with van der Waals surface area (Å²) in [5, 5.41) is 12.2. The number of carboxylic acids is 1. The summed E-state index contributed by atoms with van der Waals surface area (Å²) >= 11 is 0. The van der Waals surface area contributed by atoms with E-state index in [0.29, 0.717) is 26.1 Å². The molecule has 2 unspecified atom stereocenters. The quantitative estimate of drug-likeness (QED) is 0.848. The molecular formula is C22H23NO5. The fraction of sp³-hybridized carbons (Fsp3) is 0.364. The molecule has 2 aliphatic rings. The van der Waals surface area contributed by atoms with Crippen LogP contribution in [0.3, 0.4) is 0 Å². The summed E-state index contributed by atoms with van der Waals surface area (Å²) in [6, 6.07) is 15.8. The van der Waals surface area contributed by atoms with Gasteiger partial charge in [-0.05, 0) is 35.1 Å². The molecule has 1 saturated heterocycles. The smallest absolute Gasteiger partial charge is 0.407 e. The van der Waals surface area contributed by atoms with Crippen molar-refractivity contribution in [1.29, 1.82) is 0 Å². The Morgan fingerprint density at radius 2 is 1.61 bits per heavy atom. The van der Waals surface area contributed by atoms with Crippen LogP contribution in [0.25, 0.3) is 11.1 Å². The van der Waals surface area contributed by atoms with Gasteiger partial charge in [0.25, 0.3) is 0 Å². The normalized spacial score (nSPS) is 21.3. The van der Waals surface area contributed by atoms with Gasteiger partial charge in [-0.25, -0.2) is 4.79 Å². The fourth-order valence-corrected chi connectivity index (χ4v) is 4.18. The van der Waals surface area contributed by atoms with E-state index in [1.54, 1.807) is 0 Å². The Bertz CT molecular complexity index is 835. The van der Waals surface area contributed by atoms with E-state index in [-0.39, 0.29) is 12.5 Å². The highest BCUT2D eigenvalue weighted by Crippen LogP contribution is 2.44. The Hall–Kier alpha value is -2.86. The highest BCUT2D eigenvalue weighted by Gasteiger charge is 2.33. The van der Waals surface area contributed by atoms with Crippen LogP contribution >= 0.6 is 0 Å². The molecule has 1 fully saturated rings. The van der Waals surface area contributed by atoms with E-state index < -0.39 is 24.0 Å². The summed E-state index contributed by atoms with van der Waals surface area (Å²) in [6.07, 6.45) is 0.255. The molecule has 0 bridgehead atoms. The molecule has 4 rings (SSSR count). The van der Waals surface area contributed by atoms with Crippen molar-refractivity contribution < 1.29 is 24.2 Å². The predicted octanol–water partition coefficient (Wildman–Crippen LogP) is 3.40. The molecule has 1 amide bonds. The molecule has 146 valence electrons. The van der Waals surface area contributed by atoms with Crippen molar-refractivity contribution in [3.63, 3.8) is 0 Å². The monoisotopic (exact) mass is 381 g/mol. The lowest BCUT2D eigenvalue weighted by Gasteiger charge is -2.22. The number of carbonyl (C=O) groups is 2. The molecule has 0 saturated carbocycles. The molecule has 2 atom stereocenters. The van der Waals surface area contributed by atoms with Crippen molar-refractivity contribution in [3.8, 4) is 11.1 Å². The Balaban J connectivity index is 1.44. The van der Waals surface area contributed by atoms with Gasteiger partial charge in [0.1, 0.15) is 6.61 Å². The average molecular weight is 381 g/mol. The Morgan fingerprint density at radius 1 is 1.00 bits per heavy atom. The number of rotatable bonds is 4. The number of alkyl carbamates (subject to hydrolysis) is 1. The number of amides is 1. The van der Waals surface area contributed by atoms with E-state index in [9.17, 15) is 14.7 Å².